The van der Waals surface area contributed by atoms with Crippen molar-refractivity contribution in [3.05, 3.63) is 57.6 Å². The van der Waals surface area contributed by atoms with E-state index in [-0.39, 0.29) is 0 Å². The van der Waals surface area contributed by atoms with Crippen LogP contribution in [-0.2, 0) is 6.54 Å². The Kier molecular flexibility index (Phi) is 4.15. The van der Waals surface area contributed by atoms with Crippen LogP contribution in [0.15, 0.2) is 40.9 Å². The van der Waals surface area contributed by atoms with Gasteiger partial charge in [0.05, 0.1) is 11.4 Å². The van der Waals surface area contributed by atoms with E-state index in [1.165, 1.54) is 16.7 Å². The molecule has 0 radical (unpaired) electrons. The number of aryl methyl sites for hydroxylation is 2. The van der Waals surface area contributed by atoms with Crippen molar-refractivity contribution in [3.63, 3.8) is 0 Å². The summed E-state index contributed by atoms with van der Waals surface area (Å²) in [5.74, 6) is 0. The smallest absolute Gasteiger partial charge is 0.0630 e. The van der Waals surface area contributed by atoms with E-state index in [1.54, 1.807) is 0 Å². The first kappa shape index (κ1) is 13.9. The molecule has 100 valence electrons. The van der Waals surface area contributed by atoms with Crippen LogP contribution in [0, 0.1) is 13.8 Å². The molecule has 0 aromatic heterocycles. The number of nitrogen functional groups attached to an aromatic ring is 1. The highest BCUT2D eigenvalue weighted by molar-refractivity contribution is 9.10. The van der Waals surface area contributed by atoms with Crippen LogP contribution < -0.4 is 10.6 Å². The molecular weight excluding hydrogens is 300 g/mol. The van der Waals surface area contributed by atoms with Crippen LogP contribution in [0.2, 0.25) is 0 Å². The van der Waals surface area contributed by atoms with E-state index in [4.69, 9.17) is 5.73 Å². The van der Waals surface area contributed by atoms with Crippen LogP contribution in [-0.4, -0.2) is 7.05 Å². The summed E-state index contributed by atoms with van der Waals surface area (Å²) in [6.07, 6.45) is 0. The topological polar surface area (TPSA) is 29.3 Å². The molecule has 0 aliphatic carbocycles. The zero-order chi connectivity index (χ0) is 14.0. The first-order valence-corrected chi connectivity index (χ1v) is 7.09. The third kappa shape index (κ3) is 3.10. The Hall–Kier alpha value is -1.48. The highest BCUT2D eigenvalue weighted by Gasteiger charge is 2.10. The lowest BCUT2D eigenvalue weighted by atomic mass is 10.1. The van der Waals surface area contributed by atoms with Crippen LogP contribution in [0.5, 0.6) is 0 Å². The van der Waals surface area contributed by atoms with Gasteiger partial charge in [-0.1, -0.05) is 34.1 Å². The van der Waals surface area contributed by atoms with Crippen molar-refractivity contribution in [3.8, 4) is 0 Å². The zero-order valence-corrected chi connectivity index (χ0v) is 13.2. The van der Waals surface area contributed by atoms with Gasteiger partial charge in [0.25, 0.3) is 0 Å². The Morgan fingerprint density at radius 1 is 1.11 bits per heavy atom. The highest BCUT2D eigenvalue weighted by Crippen LogP contribution is 2.28. The fraction of sp³-hybridized carbons (Fsp3) is 0.250. The Balaban J connectivity index is 2.31. The molecule has 2 nitrogen and oxygen atoms in total. The molecule has 2 aromatic rings. The standard InChI is InChI=1S/C16H19BrN2/c1-11-7-8-14(17)9-13(11)10-19(3)16-12(2)5-4-6-15(16)18/h4-9H,10,18H2,1-3H3. The number of nitrogens with two attached hydrogens (primary N) is 1. The van der Waals surface area contributed by atoms with Gasteiger partial charge in [0, 0.05) is 18.1 Å². The molecule has 0 saturated heterocycles. The van der Waals surface area contributed by atoms with Gasteiger partial charge in [0.1, 0.15) is 0 Å². The maximum absolute atomic E-state index is 6.09. The number of anilines is 2. The van der Waals surface area contributed by atoms with Gasteiger partial charge in [-0.2, -0.15) is 0 Å². The summed E-state index contributed by atoms with van der Waals surface area (Å²) in [4.78, 5) is 2.21. The molecule has 0 aliphatic rings. The molecule has 2 rings (SSSR count). The van der Waals surface area contributed by atoms with Crippen molar-refractivity contribution in [2.24, 2.45) is 0 Å². The molecule has 0 atom stereocenters. The number of para-hydroxylation sites is 1. The van der Waals surface area contributed by atoms with E-state index in [2.05, 4.69) is 66.0 Å². The molecule has 3 heteroatoms. The molecule has 0 spiro atoms. The molecule has 0 unspecified atom stereocenters. The number of rotatable bonds is 3. The molecule has 2 N–H and O–H groups in total. The minimum atomic E-state index is 0.829. The first-order valence-electron chi connectivity index (χ1n) is 6.30. The summed E-state index contributed by atoms with van der Waals surface area (Å²) in [5.41, 5.74) is 11.8. The fourth-order valence-corrected chi connectivity index (χ4v) is 2.76. The van der Waals surface area contributed by atoms with Crippen molar-refractivity contribution in [2.75, 3.05) is 17.7 Å². The van der Waals surface area contributed by atoms with Crippen molar-refractivity contribution in [1.82, 2.24) is 0 Å². The average Bonchev–Trinajstić information content (AvgIpc) is 2.33. The molecule has 19 heavy (non-hydrogen) atoms. The molecule has 0 saturated carbocycles. The lowest BCUT2D eigenvalue weighted by molar-refractivity contribution is 0.910. The van der Waals surface area contributed by atoms with Crippen LogP contribution in [0.25, 0.3) is 0 Å². The minimum absolute atomic E-state index is 0.829. The summed E-state index contributed by atoms with van der Waals surface area (Å²) < 4.78 is 1.11. The van der Waals surface area contributed by atoms with Crippen LogP contribution >= 0.6 is 15.9 Å². The third-order valence-corrected chi connectivity index (χ3v) is 3.86. The number of benzene rings is 2. The second-order valence-corrected chi connectivity index (χ2v) is 5.86. The van der Waals surface area contributed by atoms with Crippen molar-refractivity contribution in [1.29, 1.82) is 0 Å². The van der Waals surface area contributed by atoms with Gasteiger partial charge in [-0.3, -0.25) is 0 Å². The maximum Gasteiger partial charge on any atom is 0.0630 e. The minimum Gasteiger partial charge on any atom is -0.397 e. The van der Waals surface area contributed by atoms with Gasteiger partial charge in [-0.15, -0.1) is 0 Å². The maximum atomic E-state index is 6.09. The molecule has 0 bridgehead atoms. The van der Waals surface area contributed by atoms with E-state index in [0.717, 1.165) is 22.4 Å². The molecule has 0 aliphatic heterocycles. The molecular formula is C16H19BrN2. The zero-order valence-electron chi connectivity index (χ0n) is 11.6. The largest absolute Gasteiger partial charge is 0.397 e. The Bertz CT molecular complexity index is 573. The van der Waals surface area contributed by atoms with Gasteiger partial charge in [-0.05, 0) is 48.7 Å². The predicted molar refractivity (Wildman–Crippen MR) is 86.6 cm³/mol. The number of nitrogens with zero attached hydrogens (tertiary/aromatic N) is 1. The monoisotopic (exact) mass is 318 g/mol. The van der Waals surface area contributed by atoms with E-state index in [9.17, 15) is 0 Å². The van der Waals surface area contributed by atoms with E-state index >= 15 is 0 Å². The summed E-state index contributed by atoms with van der Waals surface area (Å²) in [5, 5.41) is 0. The lowest BCUT2D eigenvalue weighted by Gasteiger charge is -2.24. The summed E-state index contributed by atoms with van der Waals surface area (Å²) >= 11 is 3.53. The Labute approximate surface area is 123 Å². The SMILES string of the molecule is Cc1ccc(Br)cc1CN(C)c1c(C)cccc1N. The quantitative estimate of drug-likeness (QED) is 0.856. The molecule has 0 amide bonds. The van der Waals surface area contributed by atoms with Crippen molar-refractivity contribution >= 4 is 27.3 Å². The summed E-state index contributed by atoms with van der Waals surface area (Å²) in [6.45, 7) is 5.08. The molecule has 0 heterocycles. The Morgan fingerprint density at radius 3 is 2.53 bits per heavy atom. The van der Waals surface area contributed by atoms with Gasteiger partial charge < -0.3 is 10.6 Å². The second kappa shape index (κ2) is 5.66. The first-order chi connectivity index (χ1) is 8.99. The molecule has 2 aromatic carbocycles. The number of hydrogen-bond acceptors (Lipinski definition) is 2. The fourth-order valence-electron chi connectivity index (χ4n) is 2.35. The van der Waals surface area contributed by atoms with Crippen LogP contribution in [0.1, 0.15) is 16.7 Å². The predicted octanol–water partition coefficient (Wildman–Crippen LogP) is 4.28. The molecule has 0 fully saturated rings. The van der Waals surface area contributed by atoms with Gasteiger partial charge in [0.2, 0.25) is 0 Å². The Morgan fingerprint density at radius 2 is 1.84 bits per heavy atom. The summed E-state index contributed by atoms with van der Waals surface area (Å²) in [6, 6.07) is 12.4. The van der Waals surface area contributed by atoms with Crippen LogP contribution in [0.4, 0.5) is 11.4 Å². The van der Waals surface area contributed by atoms with Crippen LogP contribution in [0.3, 0.4) is 0 Å². The van der Waals surface area contributed by atoms with Gasteiger partial charge in [0.15, 0.2) is 0 Å². The highest BCUT2D eigenvalue weighted by atomic mass is 79.9. The third-order valence-electron chi connectivity index (χ3n) is 3.37. The van der Waals surface area contributed by atoms with Gasteiger partial charge in [-0.25, -0.2) is 0 Å². The lowest BCUT2D eigenvalue weighted by Crippen LogP contribution is -2.19. The average molecular weight is 319 g/mol. The second-order valence-electron chi connectivity index (χ2n) is 4.94. The van der Waals surface area contributed by atoms with E-state index in [1.807, 2.05) is 12.1 Å². The summed E-state index contributed by atoms with van der Waals surface area (Å²) in [7, 11) is 2.08. The van der Waals surface area contributed by atoms with Gasteiger partial charge >= 0.3 is 0 Å². The number of hydrogen-bond donors (Lipinski definition) is 1. The van der Waals surface area contributed by atoms with E-state index < -0.39 is 0 Å². The normalized spacial score (nSPS) is 10.5. The number of halogens is 1. The van der Waals surface area contributed by atoms with Crippen molar-refractivity contribution in [2.45, 2.75) is 20.4 Å². The van der Waals surface area contributed by atoms with E-state index in [0.29, 0.717) is 0 Å². The van der Waals surface area contributed by atoms with Crippen molar-refractivity contribution < 1.29 is 0 Å².